The second-order valence-electron chi connectivity index (χ2n) is 6.44. The average molecular weight is 255 g/mol. The van der Waals surface area contributed by atoms with E-state index in [2.05, 4.69) is 20.8 Å². The van der Waals surface area contributed by atoms with Gasteiger partial charge in [0, 0.05) is 0 Å². The second kappa shape index (κ2) is 6.55. The number of nitrogens with zero attached hydrogens (tertiary/aromatic N) is 1. The Morgan fingerprint density at radius 2 is 1.83 bits per heavy atom. The van der Waals surface area contributed by atoms with E-state index in [9.17, 15) is 4.79 Å². The summed E-state index contributed by atoms with van der Waals surface area (Å²) < 4.78 is 5.78. The Balaban J connectivity index is 2.63. The van der Waals surface area contributed by atoms with Gasteiger partial charge in [-0.25, -0.2) is 0 Å². The molecule has 1 saturated carbocycles. The van der Waals surface area contributed by atoms with Crippen LogP contribution >= 0.6 is 0 Å². The van der Waals surface area contributed by atoms with Crippen LogP contribution in [0.5, 0.6) is 0 Å². The molecule has 0 N–H and O–H groups in total. The van der Waals surface area contributed by atoms with E-state index in [1.807, 2.05) is 25.9 Å². The Morgan fingerprint density at radius 1 is 1.22 bits per heavy atom. The quantitative estimate of drug-likeness (QED) is 0.723. The minimum Gasteiger partial charge on any atom is -0.461 e. The average Bonchev–Trinajstić information content (AvgIpc) is 2.27. The van der Waals surface area contributed by atoms with Gasteiger partial charge in [-0.15, -0.1) is 0 Å². The van der Waals surface area contributed by atoms with Gasteiger partial charge in [0.1, 0.15) is 12.1 Å². The van der Waals surface area contributed by atoms with Crippen LogP contribution < -0.4 is 0 Å². The van der Waals surface area contributed by atoms with Crippen LogP contribution in [0.25, 0.3) is 0 Å². The highest BCUT2D eigenvalue weighted by molar-refractivity contribution is 5.75. The molecule has 1 aliphatic carbocycles. The van der Waals surface area contributed by atoms with Gasteiger partial charge in [0.05, 0.1) is 0 Å². The van der Waals surface area contributed by atoms with E-state index in [-0.39, 0.29) is 18.1 Å². The minimum absolute atomic E-state index is 0.0789. The lowest BCUT2D eigenvalue weighted by molar-refractivity contribution is -0.160. The Hall–Kier alpha value is -0.570. The maximum Gasteiger partial charge on any atom is 0.323 e. The fraction of sp³-hybridized carbons (Fsp3) is 0.933. The van der Waals surface area contributed by atoms with E-state index in [0.717, 1.165) is 6.42 Å². The summed E-state index contributed by atoms with van der Waals surface area (Å²) in [5.41, 5.74) is 0. The van der Waals surface area contributed by atoms with E-state index in [1.54, 1.807) is 0 Å². The molecule has 0 aromatic heterocycles. The number of rotatable bonds is 4. The first-order valence-electron chi connectivity index (χ1n) is 7.19. The van der Waals surface area contributed by atoms with Crippen molar-refractivity contribution in [1.29, 1.82) is 0 Å². The van der Waals surface area contributed by atoms with Crippen molar-refractivity contribution in [3.63, 3.8) is 0 Å². The fourth-order valence-corrected chi connectivity index (χ4v) is 2.71. The molecule has 0 aromatic rings. The van der Waals surface area contributed by atoms with Gasteiger partial charge in [-0.3, -0.25) is 9.69 Å². The predicted octanol–water partition coefficient (Wildman–Crippen LogP) is 2.94. The Labute approximate surface area is 112 Å². The summed E-state index contributed by atoms with van der Waals surface area (Å²) >= 11 is 0. The van der Waals surface area contributed by atoms with Gasteiger partial charge in [0.2, 0.25) is 0 Å². The summed E-state index contributed by atoms with van der Waals surface area (Å²) in [6, 6.07) is -0.157. The van der Waals surface area contributed by atoms with Crippen LogP contribution in [0.2, 0.25) is 0 Å². The number of carbonyl (C=O) groups excluding carboxylic acids is 1. The van der Waals surface area contributed by atoms with Crippen LogP contribution in [0.15, 0.2) is 0 Å². The Kier molecular flexibility index (Phi) is 5.64. The van der Waals surface area contributed by atoms with Gasteiger partial charge < -0.3 is 4.74 Å². The number of esters is 1. The third-order valence-electron chi connectivity index (χ3n) is 4.34. The maximum atomic E-state index is 12.1. The zero-order valence-corrected chi connectivity index (χ0v) is 12.8. The normalized spacial score (nSPS) is 30.6. The SMILES string of the molecule is CC1CCC(C(C)C)C(OC(=O)[C@H](C)N(C)C)C1. The molecule has 0 bridgehead atoms. The maximum absolute atomic E-state index is 12.1. The van der Waals surface area contributed by atoms with E-state index in [0.29, 0.717) is 17.8 Å². The molecule has 3 unspecified atom stereocenters. The highest BCUT2D eigenvalue weighted by atomic mass is 16.5. The molecule has 0 spiro atoms. The topological polar surface area (TPSA) is 29.5 Å². The lowest BCUT2D eigenvalue weighted by Gasteiger charge is -2.37. The van der Waals surface area contributed by atoms with Crippen LogP contribution in [0.4, 0.5) is 0 Å². The summed E-state index contributed by atoms with van der Waals surface area (Å²) in [5.74, 6) is 1.71. The van der Waals surface area contributed by atoms with Crippen molar-refractivity contribution in [2.45, 2.75) is 59.1 Å². The lowest BCUT2D eigenvalue weighted by Crippen LogP contribution is -2.41. The van der Waals surface area contributed by atoms with Crippen molar-refractivity contribution < 1.29 is 9.53 Å². The van der Waals surface area contributed by atoms with Crippen molar-refractivity contribution in [1.82, 2.24) is 4.90 Å². The Bertz CT molecular complexity index is 276. The van der Waals surface area contributed by atoms with Crippen LogP contribution in [-0.2, 0) is 9.53 Å². The number of ether oxygens (including phenoxy) is 1. The van der Waals surface area contributed by atoms with Crippen LogP contribution in [-0.4, -0.2) is 37.1 Å². The van der Waals surface area contributed by atoms with Gasteiger partial charge >= 0.3 is 5.97 Å². The summed E-state index contributed by atoms with van der Waals surface area (Å²) in [7, 11) is 3.82. The van der Waals surface area contributed by atoms with Gasteiger partial charge in [-0.05, 0) is 51.6 Å². The molecule has 0 radical (unpaired) electrons. The largest absolute Gasteiger partial charge is 0.461 e. The van der Waals surface area contributed by atoms with E-state index in [1.165, 1.54) is 12.8 Å². The summed E-state index contributed by atoms with van der Waals surface area (Å²) in [5, 5.41) is 0. The molecule has 3 nitrogen and oxygen atoms in total. The summed E-state index contributed by atoms with van der Waals surface area (Å²) in [6.07, 6.45) is 3.59. The van der Waals surface area contributed by atoms with Gasteiger partial charge in [-0.1, -0.05) is 27.2 Å². The number of likely N-dealkylation sites (N-methyl/N-ethyl adjacent to an activating group) is 1. The second-order valence-corrected chi connectivity index (χ2v) is 6.44. The lowest BCUT2D eigenvalue weighted by atomic mass is 9.75. The standard InChI is InChI=1S/C15H29NO2/c1-10(2)13-8-7-11(3)9-14(13)18-15(17)12(4)16(5)6/h10-14H,7-9H2,1-6H3/t11?,12-,13?,14?/m0/s1. The summed E-state index contributed by atoms with van der Waals surface area (Å²) in [4.78, 5) is 14.0. The molecule has 18 heavy (non-hydrogen) atoms. The van der Waals surface area contributed by atoms with Gasteiger partial charge in [-0.2, -0.15) is 0 Å². The van der Waals surface area contributed by atoms with Crippen LogP contribution in [0.3, 0.4) is 0 Å². The highest BCUT2D eigenvalue weighted by Gasteiger charge is 2.34. The van der Waals surface area contributed by atoms with Crippen molar-refractivity contribution >= 4 is 5.97 Å². The van der Waals surface area contributed by atoms with Crippen molar-refractivity contribution in [3.05, 3.63) is 0 Å². The minimum atomic E-state index is -0.157. The van der Waals surface area contributed by atoms with Crippen LogP contribution in [0.1, 0.15) is 47.0 Å². The van der Waals surface area contributed by atoms with Gasteiger partial charge in [0.15, 0.2) is 0 Å². The predicted molar refractivity (Wildman–Crippen MR) is 74.4 cm³/mol. The molecule has 0 aliphatic heterocycles. The third kappa shape index (κ3) is 3.98. The summed E-state index contributed by atoms with van der Waals surface area (Å²) in [6.45, 7) is 8.62. The highest BCUT2D eigenvalue weighted by Crippen LogP contribution is 2.35. The molecule has 4 atom stereocenters. The van der Waals surface area contributed by atoms with E-state index >= 15 is 0 Å². The molecule has 1 aliphatic rings. The number of hydrogen-bond donors (Lipinski definition) is 0. The van der Waals surface area contributed by atoms with Gasteiger partial charge in [0.25, 0.3) is 0 Å². The molecule has 1 rings (SSSR count). The van der Waals surface area contributed by atoms with Crippen molar-refractivity contribution in [3.8, 4) is 0 Å². The third-order valence-corrected chi connectivity index (χ3v) is 4.34. The van der Waals surface area contributed by atoms with E-state index < -0.39 is 0 Å². The molecule has 1 fully saturated rings. The first-order chi connectivity index (χ1) is 8.32. The van der Waals surface area contributed by atoms with Crippen LogP contribution in [0, 0.1) is 17.8 Å². The molecular formula is C15H29NO2. The van der Waals surface area contributed by atoms with Crippen molar-refractivity contribution in [2.24, 2.45) is 17.8 Å². The smallest absolute Gasteiger partial charge is 0.323 e. The fourth-order valence-electron chi connectivity index (χ4n) is 2.71. The number of carbonyl (C=O) groups is 1. The molecule has 0 aromatic carbocycles. The molecule has 0 saturated heterocycles. The first kappa shape index (κ1) is 15.5. The first-order valence-corrected chi connectivity index (χ1v) is 7.19. The molecule has 3 heteroatoms. The van der Waals surface area contributed by atoms with Crippen molar-refractivity contribution in [2.75, 3.05) is 14.1 Å². The molecule has 0 heterocycles. The monoisotopic (exact) mass is 255 g/mol. The Morgan fingerprint density at radius 3 is 2.33 bits per heavy atom. The molecule has 0 amide bonds. The number of hydrogen-bond acceptors (Lipinski definition) is 3. The zero-order valence-electron chi connectivity index (χ0n) is 12.8. The zero-order chi connectivity index (χ0) is 13.9. The molecule has 106 valence electrons. The van der Waals surface area contributed by atoms with E-state index in [4.69, 9.17) is 4.74 Å². The molecular weight excluding hydrogens is 226 g/mol.